The Hall–Kier alpha value is -1.28. The number of allylic oxidation sites excluding steroid dienone is 2. The van der Waals surface area contributed by atoms with Crippen molar-refractivity contribution in [2.75, 3.05) is 5.32 Å². The number of carbonyl (C=O) groups is 1. The van der Waals surface area contributed by atoms with E-state index in [0.717, 1.165) is 11.4 Å². The molecular formula is C11H12ClNO. The van der Waals surface area contributed by atoms with Gasteiger partial charge in [0.25, 0.3) is 0 Å². The van der Waals surface area contributed by atoms with Gasteiger partial charge in [0.05, 0.1) is 0 Å². The second-order valence-electron chi connectivity index (χ2n) is 3.07. The van der Waals surface area contributed by atoms with Crippen molar-refractivity contribution in [2.24, 2.45) is 0 Å². The molecule has 0 aliphatic carbocycles. The molecule has 0 saturated carbocycles. The molecule has 0 bridgehead atoms. The molecule has 0 unspecified atom stereocenters. The van der Waals surface area contributed by atoms with Gasteiger partial charge >= 0.3 is 0 Å². The van der Waals surface area contributed by atoms with E-state index in [1.807, 2.05) is 19.1 Å². The van der Waals surface area contributed by atoms with Crippen LogP contribution in [0.15, 0.2) is 36.0 Å². The van der Waals surface area contributed by atoms with Crippen LogP contribution in [-0.4, -0.2) is 5.78 Å². The first-order chi connectivity index (χ1) is 6.58. The highest BCUT2D eigenvalue weighted by Gasteiger charge is 1.95. The van der Waals surface area contributed by atoms with Crippen LogP contribution < -0.4 is 5.32 Å². The van der Waals surface area contributed by atoms with Crippen LogP contribution in [0.3, 0.4) is 0 Å². The third-order valence-electron chi connectivity index (χ3n) is 1.59. The van der Waals surface area contributed by atoms with Crippen molar-refractivity contribution in [1.29, 1.82) is 0 Å². The molecule has 1 aromatic rings. The fraction of sp³-hybridized carbons (Fsp3) is 0.182. The highest BCUT2D eigenvalue weighted by molar-refractivity contribution is 6.30. The number of hydrogen-bond acceptors (Lipinski definition) is 2. The molecule has 0 saturated heterocycles. The van der Waals surface area contributed by atoms with Crippen molar-refractivity contribution in [2.45, 2.75) is 13.8 Å². The predicted molar refractivity (Wildman–Crippen MR) is 59.5 cm³/mol. The van der Waals surface area contributed by atoms with E-state index < -0.39 is 0 Å². The summed E-state index contributed by atoms with van der Waals surface area (Å²) >= 11 is 5.81. The lowest BCUT2D eigenvalue weighted by molar-refractivity contribution is -0.112. The summed E-state index contributed by atoms with van der Waals surface area (Å²) in [6.45, 7) is 3.35. The molecule has 1 rings (SSSR count). The quantitative estimate of drug-likeness (QED) is 0.775. The number of carbonyl (C=O) groups excluding carboxylic acids is 1. The fourth-order valence-electron chi connectivity index (χ4n) is 1.13. The fourth-order valence-corrected chi connectivity index (χ4v) is 1.33. The SMILES string of the molecule is CC(=O)/C=C(/C)Nc1cccc(Cl)c1. The number of halogens is 1. The van der Waals surface area contributed by atoms with Gasteiger partial charge in [-0.1, -0.05) is 17.7 Å². The number of benzene rings is 1. The maximum Gasteiger partial charge on any atom is 0.154 e. The van der Waals surface area contributed by atoms with Crippen molar-refractivity contribution >= 4 is 23.1 Å². The normalized spacial score (nSPS) is 11.2. The maximum atomic E-state index is 10.8. The first kappa shape index (κ1) is 10.8. The van der Waals surface area contributed by atoms with E-state index in [0.29, 0.717) is 5.02 Å². The predicted octanol–water partition coefficient (Wildman–Crippen LogP) is 3.24. The van der Waals surface area contributed by atoms with Gasteiger partial charge in [-0.05, 0) is 38.1 Å². The number of hydrogen-bond donors (Lipinski definition) is 1. The average Bonchev–Trinajstić information content (AvgIpc) is 2.01. The first-order valence-corrected chi connectivity index (χ1v) is 4.67. The van der Waals surface area contributed by atoms with Crippen LogP contribution in [0.2, 0.25) is 5.02 Å². The molecule has 14 heavy (non-hydrogen) atoms. The van der Waals surface area contributed by atoms with Gasteiger partial charge < -0.3 is 5.32 Å². The van der Waals surface area contributed by atoms with Crippen LogP contribution in [0.4, 0.5) is 5.69 Å². The summed E-state index contributed by atoms with van der Waals surface area (Å²) < 4.78 is 0. The Morgan fingerprint density at radius 3 is 2.71 bits per heavy atom. The van der Waals surface area contributed by atoms with Crippen molar-refractivity contribution < 1.29 is 4.79 Å². The molecule has 2 nitrogen and oxygen atoms in total. The summed E-state index contributed by atoms with van der Waals surface area (Å²) in [7, 11) is 0. The van der Waals surface area contributed by atoms with E-state index in [1.54, 1.807) is 18.2 Å². The minimum absolute atomic E-state index is 0.0250. The van der Waals surface area contributed by atoms with E-state index in [4.69, 9.17) is 11.6 Å². The minimum atomic E-state index is 0.0250. The second kappa shape index (κ2) is 4.82. The van der Waals surface area contributed by atoms with Crippen LogP contribution in [0.25, 0.3) is 0 Å². The summed E-state index contributed by atoms with van der Waals surface area (Å²) in [6, 6.07) is 7.35. The van der Waals surface area contributed by atoms with Gasteiger partial charge in [-0.25, -0.2) is 0 Å². The zero-order valence-electron chi connectivity index (χ0n) is 8.17. The van der Waals surface area contributed by atoms with E-state index in [2.05, 4.69) is 5.32 Å². The highest BCUT2D eigenvalue weighted by atomic mass is 35.5. The van der Waals surface area contributed by atoms with Crippen molar-refractivity contribution in [3.8, 4) is 0 Å². The molecule has 0 aliphatic rings. The van der Waals surface area contributed by atoms with Crippen LogP contribution in [0.5, 0.6) is 0 Å². The second-order valence-corrected chi connectivity index (χ2v) is 3.51. The molecular weight excluding hydrogens is 198 g/mol. The summed E-state index contributed by atoms with van der Waals surface area (Å²) in [4.78, 5) is 10.8. The van der Waals surface area contributed by atoms with E-state index >= 15 is 0 Å². The van der Waals surface area contributed by atoms with Crippen LogP contribution in [0, 0.1) is 0 Å². The largest absolute Gasteiger partial charge is 0.359 e. The van der Waals surface area contributed by atoms with Gasteiger partial charge in [0, 0.05) is 16.4 Å². The summed E-state index contributed by atoms with van der Waals surface area (Å²) in [5.74, 6) is 0.0250. The summed E-state index contributed by atoms with van der Waals surface area (Å²) in [6.07, 6.45) is 1.54. The molecule has 0 aromatic heterocycles. The van der Waals surface area contributed by atoms with Crippen molar-refractivity contribution in [3.05, 3.63) is 41.1 Å². The number of rotatable bonds is 3. The Morgan fingerprint density at radius 2 is 2.14 bits per heavy atom. The maximum absolute atomic E-state index is 10.8. The molecule has 0 heterocycles. The number of ketones is 1. The molecule has 3 heteroatoms. The van der Waals surface area contributed by atoms with E-state index in [9.17, 15) is 4.79 Å². The Bertz CT molecular complexity index is 371. The lowest BCUT2D eigenvalue weighted by Gasteiger charge is -2.05. The molecule has 1 aromatic carbocycles. The van der Waals surface area contributed by atoms with Crippen molar-refractivity contribution in [1.82, 2.24) is 0 Å². The summed E-state index contributed by atoms with van der Waals surface area (Å²) in [5, 5.41) is 3.74. The van der Waals surface area contributed by atoms with Gasteiger partial charge in [-0.15, -0.1) is 0 Å². The number of anilines is 1. The zero-order valence-corrected chi connectivity index (χ0v) is 8.93. The third-order valence-corrected chi connectivity index (χ3v) is 1.82. The van der Waals surface area contributed by atoms with Crippen LogP contribution in [-0.2, 0) is 4.79 Å². The lowest BCUT2D eigenvalue weighted by Crippen LogP contribution is -1.97. The molecule has 0 fully saturated rings. The summed E-state index contributed by atoms with van der Waals surface area (Å²) in [5.41, 5.74) is 1.69. The Balaban J connectivity index is 2.74. The van der Waals surface area contributed by atoms with Crippen molar-refractivity contribution in [3.63, 3.8) is 0 Å². The molecule has 0 amide bonds. The molecule has 74 valence electrons. The first-order valence-electron chi connectivity index (χ1n) is 4.29. The monoisotopic (exact) mass is 209 g/mol. The smallest absolute Gasteiger partial charge is 0.154 e. The number of nitrogens with one attached hydrogen (secondary N) is 1. The topological polar surface area (TPSA) is 29.1 Å². The standard InChI is InChI=1S/C11H12ClNO/c1-8(6-9(2)14)13-11-5-3-4-10(12)7-11/h3-7,13H,1-2H3/b8-6-. The Kier molecular flexibility index (Phi) is 3.72. The Morgan fingerprint density at radius 1 is 1.43 bits per heavy atom. The van der Waals surface area contributed by atoms with Gasteiger partial charge in [-0.2, -0.15) is 0 Å². The van der Waals surface area contributed by atoms with Crippen LogP contribution in [0.1, 0.15) is 13.8 Å². The Labute approximate surface area is 88.6 Å². The molecule has 0 aliphatic heterocycles. The van der Waals surface area contributed by atoms with Gasteiger partial charge in [0.15, 0.2) is 5.78 Å². The highest BCUT2D eigenvalue weighted by Crippen LogP contribution is 2.16. The molecule has 0 radical (unpaired) electrons. The average molecular weight is 210 g/mol. The van der Waals surface area contributed by atoms with E-state index in [-0.39, 0.29) is 5.78 Å². The third kappa shape index (κ3) is 3.62. The zero-order chi connectivity index (χ0) is 10.6. The van der Waals surface area contributed by atoms with Crippen LogP contribution >= 0.6 is 11.6 Å². The van der Waals surface area contributed by atoms with Gasteiger partial charge in [0.2, 0.25) is 0 Å². The molecule has 0 spiro atoms. The van der Waals surface area contributed by atoms with Gasteiger partial charge in [0.1, 0.15) is 0 Å². The minimum Gasteiger partial charge on any atom is -0.359 e. The van der Waals surface area contributed by atoms with Gasteiger partial charge in [-0.3, -0.25) is 4.79 Å². The lowest BCUT2D eigenvalue weighted by atomic mass is 10.3. The van der Waals surface area contributed by atoms with E-state index in [1.165, 1.54) is 6.92 Å². The molecule has 1 N–H and O–H groups in total. The molecule has 0 atom stereocenters.